The van der Waals surface area contributed by atoms with Crippen LogP contribution in [-0.2, 0) is 6.42 Å². The molecule has 0 saturated heterocycles. The summed E-state index contributed by atoms with van der Waals surface area (Å²) in [5.41, 5.74) is 4.56. The average Bonchev–Trinajstić information content (AvgIpc) is 3.26. The Labute approximate surface area is 193 Å². The van der Waals surface area contributed by atoms with E-state index in [-0.39, 0.29) is 6.03 Å². The molecule has 7 heteroatoms. The molecule has 0 spiro atoms. The number of urea groups is 1. The molecular weight excluding hydrogens is 424 g/mol. The first-order chi connectivity index (χ1) is 15.4. The SMILES string of the molecule is CCc1ccc(-c2noc(C3=C(C)N(CC(C)C)C(=O)NC3c3cccc(Cl)c3)n2)cc1. The number of aromatic nitrogens is 2. The Hall–Kier alpha value is -3.12. The maximum Gasteiger partial charge on any atom is 0.322 e. The molecular formula is C25H27ClN4O2. The summed E-state index contributed by atoms with van der Waals surface area (Å²) in [6, 6.07) is 15.0. The third-order valence-corrected chi connectivity index (χ3v) is 5.84. The smallest absolute Gasteiger partial charge is 0.322 e. The van der Waals surface area contributed by atoms with Crippen LogP contribution in [0.25, 0.3) is 17.0 Å². The first-order valence-electron chi connectivity index (χ1n) is 10.8. The maximum absolute atomic E-state index is 13.0. The van der Waals surface area contributed by atoms with Gasteiger partial charge in [-0.05, 0) is 42.5 Å². The van der Waals surface area contributed by atoms with Crippen molar-refractivity contribution in [1.82, 2.24) is 20.4 Å². The van der Waals surface area contributed by atoms with Crippen LogP contribution in [0.5, 0.6) is 0 Å². The average molecular weight is 451 g/mol. The fourth-order valence-corrected chi connectivity index (χ4v) is 4.12. The lowest BCUT2D eigenvalue weighted by Crippen LogP contribution is -2.47. The van der Waals surface area contributed by atoms with Crippen molar-refractivity contribution in [2.45, 2.75) is 40.2 Å². The summed E-state index contributed by atoms with van der Waals surface area (Å²) >= 11 is 6.25. The highest BCUT2D eigenvalue weighted by atomic mass is 35.5. The van der Waals surface area contributed by atoms with Gasteiger partial charge in [0.25, 0.3) is 5.89 Å². The topological polar surface area (TPSA) is 71.3 Å². The first-order valence-corrected chi connectivity index (χ1v) is 11.2. The van der Waals surface area contributed by atoms with Crippen LogP contribution in [0.1, 0.15) is 50.8 Å². The zero-order chi connectivity index (χ0) is 22.8. The van der Waals surface area contributed by atoms with Gasteiger partial charge in [-0.1, -0.05) is 73.9 Å². The lowest BCUT2D eigenvalue weighted by molar-refractivity contribution is 0.199. The quantitative estimate of drug-likeness (QED) is 0.492. The molecule has 3 aromatic rings. The van der Waals surface area contributed by atoms with Crippen LogP contribution >= 0.6 is 11.6 Å². The molecule has 1 aliphatic rings. The molecule has 0 aliphatic carbocycles. The summed E-state index contributed by atoms with van der Waals surface area (Å²) in [6.07, 6.45) is 0.969. The number of hydrogen-bond acceptors (Lipinski definition) is 4. The zero-order valence-electron chi connectivity index (χ0n) is 18.7. The molecule has 6 nitrogen and oxygen atoms in total. The summed E-state index contributed by atoms with van der Waals surface area (Å²) in [4.78, 5) is 19.4. The fourth-order valence-electron chi connectivity index (χ4n) is 3.92. The number of benzene rings is 2. The maximum atomic E-state index is 13.0. The van der Waals surface area contributed by atoms with Gasteiger partial charge in [0.1, 0.15) is 0 Å². The molecule has 0 saturated carbocycles. The number of rotatable bonds is 6. The normalized spacial score (nSPS) is 16.6. The van der Waals surface area contributed by atoms with Crippen molar-refractivity contribution < 1.29 is 9.32 Å². The fraction of sp³-hybridized carbons (Fsp3) is 0.320. The Bertz CT molecular complexity index is 1150. The molecule has 0 bridgehead atoms. The minimum Gasteiger partial charge on any atom is -0.334 e. The second-order valence-electron chi connectivity index (χ2n) is 8.41. The highest BCUT2D eigenvalue weighted by Crippen LogP contribution is 2.38. The molecule has 0 radical (unpaired) electrons. The Morgan fingerprint density at radius 1 is 1.19 bits per heavy atom. The van der Waals surface area contributed by atoms with E-state index in [1.54, 1.807) is 4.90 Å². The van der Waals surface area contributed by atoms with Crippen molar-refractivity contribution in [3.8, 4) is 11.4 Å². The van der Waals surface area contributed by atoms with E-state index < -0.39 is 6.04 Å². The number of nitrogens with one attached hydrogen (secondary N) is 1. The molecule has 1 unspecified atom stereocenters. The van der Waals surface area contributed by atoms with E-state index in [9.17, 15) is 4.79 Å². The van der Waals surface area contributed by atoms with Crippen LogP contribution in [-0.4, -0.2) is 27.6 Å². The lowest BCUT2D eigenvalue weighted by atomic mass is 9.94. The molecule has 2 heterocycles. The molecule has 0 fully saturated rings. The summed E-state index contributed by atoms with van der Waals surface area (Å²) in [6.45, 7) is 8.78. The van der Waals surface area contributed by atoms with Crippen LogP contribution < -0.4 is 5.32 Å². The number of amides is 2. The van der Waals surface area contributed by atoms with Gasteiger partial charge in [-0.2, -0.15) is 4.98 Å². The Morgan fingerprint density at radius 2 is 1.94 bits per heavy atom. The van der Waals surface area contributed by atoms with Gasteiger partial charge in [0, 0.05) is 22.8 Å². The third-order valence-electron chi connectivity index (χ3n) is 5.60. The van der Waals surface area contributed by atoms with Crippen LogP contribution in [0, 0.1) is 5.92 Å². The number of carbonyl (C=O) groups excluding carboxylic acids is 1. The number of aryl methyl sites for hydroxylation is 1. The second kappa shape index (κ2) is 9.17. The summed E-state index contributed by atoms with van der Waals surface area (Å²) in [5, 5.41) is 7.92. The van der Waals surface area contributed by atoms with E-state index in [4.69, 9.17) is 21.1 Å². The molecule has 4 rings (SSSR count). The van der Waals surface area contributed by atoms with E-state index >= 15 is 0 Å². The van der Waals surface area contributed by atoms with Crippen molar-refractivity contribution in [2.75, 3.05) is 6.54 Å². The van der Waals surface area contributed by atoms with Crippen LogP contribution in [0.2, 0.25) is 5.02 Å². The molecule has 1 atom stereocenters. The van der Waals surface area contributed by atoms with Crippen molar-refractivity contribution in [3.63, 3.8) is 0 Å². The predicted octanol–water partition coefficient (Wildman–Crippen LogP) is 6.11. The summed E-state index contributed by atoms with van der Waals surface area (Å²) < 4.78 is 5.73. The highest BCUT2D eigenvalue weighted by Gasteiger charge is 2.36. The monoisotopic (exact) mass is 450 g/mol. The summed E-state index contributed by atoms with van der Waals surface area (Å²) in [5.74, 6) is 1.20. The Kier molecular flexibility index (Phi) is 6.33. The molecule has 166 valence electrons. The van der Waals surface area contributed by atoms with E-state index in [1.807, 2.05) is 43.3 Å². The minimum atomic E-state index is -0.444. The molecule has 32 heavy (non-hydrogen) atoms. The standard InChI is InChI=1S/C25H27ClN4O2/c1-5-17-9-11-18(12-10-17)23-28-24(32-29-23)21-16(4)30(14-15(2)3)25(31)27-22(21)19-7-6-8-20(26)13-19/h6-13,15,22H,5,14H2,1-4H3,(H,27,31). The Balaban J connectivity index is 1.79. The zero-order valence-corrected chi connectivity index (χ0v) is 19.5. The van der Waals surface area contributed by atoms with Crippen LogP contribution in [0.3, 0.4) is 0 Å². The van der Waals surface area contributed by atoms with Crippen LogP contribution in [0.4, 0.5) is 4.79 Å². The molecule has 1 N–H and O–H groups in total. The van der Waals surface area contributed by atoms with Crippen molar-refractivity contribution >= 4 is 23.2 Å². The van der Waals surface area contributed by atoms with Crippen molar-refractivity contribution in [3.05, 3.63) is 76.3 Å². The first kappa shape index (κ1) is 22.1. The highest BCUT2D eigenvalue weighted by molar-refractivity contribution is 6.30. The summed E-state index contributed by atoms with van der Waals surface area (Å²) in [7, 11) is 0. The van der Waals surface area contributed by atoms with Gasteiger partial charge in [0.2, 0.25) is 5.82 Å². The number of nitrogens with zero attached hydrogens (tertiary/aromatic N) is 3. The van der Waals surface area contributed by atoms with Gasteiger partial charge in [-0.25, -0.2) is 4.79 Å². The van der Waals surface area contributed by atoms with Gasteiger partial charge in [0.05, 0.1) is 11.6 Å². The van der Waals surface area contributed by atoms with Crippen molar-refractivity contribution in [2.24, 2.45) is 5.92 Å². The molecule has 2 aromatic carbocycles. The second-order valence-corrected chi connectivity index (χ2v) is 8.85. The molecule has 1 aliphatic heterocycles. The van der Waals surface area contributed by atoms with Crippen LogP contribution in [0.15, 0.2) is 58.8 Å². The largest absolute Gasteiger partial charge is 0.334 e. The van der Waals surface area contributed by atoms with E-state index in [0.29, 0.717) is 29.2 Å². The molecule has 1 aromatic heterocycles. The van der Waals surface area contributed by atoms with E-state index in [2.05, 4.69) is 43.4 Å². The minimum absolute atomic E-state index is 0.153. The number of halogens is 1. The lowest BCUT2D eigenvalue weighted by Gasteiger charge is -2.36. The number of hydrogen-bond donors (Lipinski definition) is 1. The van der Waals surface area contributed by atoms with Crippen molar-refractivity contribution in [1.29, 1.82) is 0 Å². The van der Waals surface area contributed by atoms with E-state index in [1.165, 1.54) is 5.56 Å². The predicted molar refractivity (Wildman–Crippen MR) is 126 cm³/mol. The molecule has 2 amide bonds. The Morgan fingerprint density at radius 3 is 2.59 bits per heavy atom. The van der Waals surface area contributed by atoms with Gasteiger partial charge >= 0.3 is 6.03 Å². The van der Waals surface area contributed by atoms with Gasteiger partial charge in [0.15, 0.2) is 0 Å². The van der Waals surface area contributed by atoms with Gasteiger partial charge in [-0.15, -0.1) is 0 Å². The van der Waals surface area contributed by atoms with E-state index in [0.717, 1.165) is 28.8 Å². The number of carbonyl (C=O) groups is 1. The third kappa shape index (κ3) is 4.41. The van der Waals surface area contributed by atoms with Gasteiger partial charge in [-0.3, -0.25) is 4.90 Å². The van der Waals surface area contributed by atoms with Gasteiger partial charge < -0.3 is 9.84 Å². The number of allylic oxidation sites excluding steroid dienone is 1.